The van der Waals surface area contributed by atoms with Crippen LogP contribution in [0.5, 0.6) is 0 Å². The summed E-state index contributed by atoms with van der Waals surface area (Å²) >= 11 is 0. The summed E-state index contributed by atoms with van der Waals surface area (Å²) < 4.78 is 5.78. The second kappa shape index (κ2) is 5.37. The van der Waals surface area contributed by atoms with Gasteiger partial charge in [0, 0.05) is 16.9 Å². The molecule has 0 aliphatic carbocycles. The first-order valence-corrected chi connectivity index (χ1v) is 7.16. The Balaban J connectivity index is 1.61. The molecule has 1 heterocycles. The molecule has 106 valence electrons. The summed E-state index contributed by atoms with van der Waals surface area (Å²) in [5, 5.41) is 3.36. The smallest absolute Gasteiger partial charge is 0.227 e. The van der Waals surface area contributed by atoms with Crippen LogP contribution in [0.3, 0.4) is 0 Å². The minimum absolute atomic E-state index is 0.646. The highest BCUT2D eigenvalue weighted by Gasteiger charge is 2.07. The van der Waals surface area contributed by atoms with Crippen LogP contribution >= 0.6 is 0 Å². The topological polar surface area (TPSA) is 38.1 Å². The first-order chi connectivity index (χ1) is 10.9. The maximum absolute atomic E-state index is 5.78. The number of para-hydroxylation sites is 3. The molecule has 0 atom stereocenters. The molecule has 3 heteroatoms. The second-order valence-electron chi connectivity index (χ2n) is 5.06. The Morgan fingerprint density at radius 1 is 0.682 bits per heavy atom. The average Bonchev–Trinajstić information content (AvgIpc) is 3.00. The SMILES string of the molecule is c1ccc(Nc2ccc(-c3nc4ccccc4o3)cc2)cc1. The fourth-order valence-electron chi connectivity index (χ4n) is 2.38. The Hall–Kier alpha value is -3.07. The van der Waals surface area contributed by atoms with Gasteiger partial charge in [-0.1, -0.05) is 30.3 Å². The number of benzene rings is 3. The molecule has 0 bridgehead atoms. The van der Waals surface area contributed by atoms with Gasteiger partial charge in [-0.05, 0) is 48.5 Å². The fourth-order valence-corrected chi connectivity index (χ4v) is 2.38. The lowest BCUT2D eigenvalue weighted by atomic mass is 10.2. The summed E-state index contributed by atoms with van der Waals surface area (Å²) in [6.45, 7) is 0. The molecule has 4 aromatic rings. The number of nitrogens with zero attached hydrogens (tertiary/aromatic N) is 1. The van der Waals surface area contributed by atoms with Crippen molar-refractivity contribution in [2.75, 3.05) is 5.32 Å². The van der Waals surface area contributed by atoms with E-state index in [1.165, 1.54) is 0 Å². The van der Waals surface area contributed by atoms with Crippen LogP contribution in [0.15, 0.2) is 83.3 Å². The molecular formula is C19H14N2O. The standard InChI is InChI=1S/C19H14N2O/c1-2-6-15(7-3-1)20-16-12-10-14(11-13-16)19-21-17-8-4-5-9-18(17)22-19/h1-13,20H. The van der Waals surface area contributed by atoms with Crippen LogP contribution < -0.4 is 5.32 Å². The fraction of sp³-hybridized carbons (Fsp3) is 0. The molecule has 0 amide bonds. The maximum Gasteiger partial charge on any atom is 0.227 e. The number of rotatable bonds is 3. The van der Waals surface area contributed by atoms with E-state index in [0.29, 0.717) is 5.89 Å². The Labute approximate surface area is 128 Å². The highest BCUT2D eigenvalue weighted by molar-refractivity contribution is 5.76. The van der Waals surface area contributed by atoms with E-state index in [-0.39, 0.29) is 0 Å². The van der Waals surface area contributed by atoms with E-state index in [4.69, 9.17) is 4.42 Å². The average molecular weight is 286 g/mol. The zero-order chi connectivity index (χ0) is 14.8. The minimum Gasteiger partial charge on any atom is -0.436 e. The summed E-state index contributed by atoms with van der Waals surface area (Å²) in [6, 6.07) is 26.0. The van der Waals surface area contributed by atoms with Crippen molar-refractivity contribution in [1.82, 2.24) is 4.98 Å². The molecule has 3 aromatic carbocycles. The van der Waals surface area contributed by atoms with E-state index in [2.05, 4.69) is 10.3 Å². The number of fused-ring (bicyclic) bond motifs is 1. The van der Waals surface area contributed by atoms with E-state index < -0.39 is 0 Å². The third-order valence-electron chi connectivity index (χ3n) is 3.49. The van der Waals surface area contributed by atoms with Crippen LogP contribution in [0, 0.1) is 0 Å². The Kier molecular flexibility index (Phi) is 3.09. The molecule has 1 N–H and O–H groups in total. The predicted molar refractivity (Wildman–Crippen MR) is 89.2 cm³/mol. The molecule has 1 aromatic heterocycles. The van der Waals surface area contributed by atoms with Gasteiger partial charge in [-0.2, -0.15) is 0 Å². The molecule has 0 spiro atoms. The highest BCUT2D eigenvalue weighted by atomic mass is 16.3. The van der Waals surface area contributed by atoms with E-state index in [9.17, 15) is 0 Å². The minimum atomic E-state index is 0.646. The number of hydrogen-bond donors (Lipinski definition) is 1. The lowest BCUT2D eigenvalue weighted by Crippen LogP contribution is -1.89. The van der Waals surface area contributed by atoms with Gasteiger partial charge in [0.1, 0.15) is 5.52 Å². The van der Waals surface area contributed by atoms with Crippen LogP contribution in [0.25, 0.3) is 22.6 Å². The molecule has 0 aliphatic rings. The van der Waals surface area contributed by atoms with Crippen molar-refractivity contribution >= 4 is 22.5 Å². The molecule has 0 aliphatic heterocycles. The van der Waals surface area contributed by atoms with Crippen molar-refractivity contribution < 1.29 is 4.42 Å². The van der Waals surface area contributed by atoms with Gasteiger partial charge in [0.15, 0.2) is 5.58 Å². The molecule has 3 nitrogen and oxygen atoms in total. The Bertz CT molecular complexity index is 863. The first-order valence-electron chi connectivity index (χ1n) is 7.16. The van der Waals surface area contributed by atoms with Crippen molar-refractivity contribution in [3.63, 3.8) is 0 Å². The number of hydrogen-bond acceptors (Lipinski definition) is 3. The van der Waals surface area contributed by atoms with E-state index in [0.717, 1.165) is 28.0 Å². The summed E-state index contributed by atoms with van der Waals surface area (Å²) in [6.07, 6.45) is 0. The van der Waals surface area contributed by atoms with Crippen LogP contribution in [0.4, 0.5) is 11.4 Å². The Morgan fingerprint density at radius 3 is 2.14 bits per heavy atom. The number of oxazole rings is 1. The zero-order valence-corrected chi connectivity index (χ0v) is 11.9. The molecule has 0 unspecified atom stereocenters. The number of aromatic nitrogens is 1. The van der Waals surface area contributed by atoms with Crippen LogP contribution in [0.2, 0.25) is 0 Å². The van der Waals surface area contributed by atoms with Gasteiger partial charge >= 0.3 is 0 Å². The largest absolute Gasteiger partial charge is 0.436 e. The molecule has 22 heavy (non-hydrogen) atoms. The highest BCUT2D eigenvalue weighted by Crippen LogP contribution is 2.26. The predicted octanol–water partition coefficient (Wildman–Crippen LogP) is 5.24. The van der Waals surface area contributed by atoms with E-state index in [1.54, 1.807) is 0 Å². The third kappa shape index (κ3) is 2.44. The van der Waals surface area contributed by atoms with Crippen LogP contribution in [-0.4, -0.2) is 4.98 Å². The molecule has 0 radical (unpaired) electrons. The molecular weight excluding hydrogens is 272 g/mol. The lowest BCUT2D eigenvalue weighted by molar-refractivity contribution is 0.620. The summed E-state index contributed by atoms with van der Waals surface area (Å²) in [7, 11) is 0. The van der Waals surface area contributed by atoms with Crippen LogP contribution in [-0.2, 0) is 0 Å². The zero-order valence-electron chi connectivity index (χ0n) is 11.9. The lowest BCUT2D eigenvalue weighted by Gasteiger charge is -2.06. The van der Waals surface area contributed by atoms with Gasteiger partial charge in [-0.3, -0.25) is 0 Å². The Morgan fingerprint density at radius 2 is 1.36 bits per heavy atom. The summed E-state index contributed by atoms with van der Waals surface area (Å²) in [5.74, 6) is 0.646. The van der Waals surface area contributed by atoms with Crippen molar-refractivity contribution in [3.8, 4) is 11.5 Å². The van der Waals surface area contributed by atoms with Gasteiger partial charge in [-0.15, -0.1) is 0 Å². The van der Waals surface area contributed by atoms with Crippen molar-refractivity contribution in [2.24, 2.45) is 0 Å². The van der Waals surface area contributed by atoms with Gasteiger partial charge in [0.05, 0.1) is 0 Å². The van der Waals surface area contributed by atoms with Crippen molar-refractivity contribution in [2.45, 2.75) is 0 Å². The molecule has 0 saturated heterocycles. The van der Waals surface area contributed by atoms with Crippen LogP contribution in [0.1, 0.15) is 0 Å². The van der Waals surface area contributed by atoms with Crippen molar-refractivity contribution in [1.29, 1.82) is 0 Å². The van der Waals surface area contributed by atoms with Gasteiger partial charge < -0.3 is 9.73 Å². The number of nitrogens with one attached hydrogen (secondary N) is 1. The second-order valence-corrected chi connectivity index (χ2v) is 5.06. The van der Waals surface area contributed by atoms with Crippen molar-refractivity contribution in [3.05, 3.63) is 78.9 Å². The van der Waals surface area contributed by atoms with Gasteiger partial charge in [0.2, 0.25) is 5.89 Å². The summed E-state index contributed by atoms with van der Waals surface area (Å²) in [4.78, 5) is 4.51. The summed E-state index contributed by atoms with van der Waals surface area (Å²) in [5.41, 5.74) is 4.76. The third-order valence-corrected chi connectivity index (χ3v) is 3.49. The van der Waals surface area contributed by atoms with E-state index in [1.807, 2.05) is 78.9 Å². The molecule has 0 saturated carbocycles. The van der Waals surface area contributed by atoms with Gasteiger partial charge in [-0.25, -0.2) is 4.98 Å². The normalized spacial score (nSPS) is 10.7. The van der Waals surface area contributed by atoms with Gasteiger partial charge in [0.25, 0.3) is 0 Å². The quantitative estimate of drug-likeness (QED) is 0.559. The number of anilines is 2. The maximum atomic E-state index is 5.78. The first kappa shape index (κ1) is 12.7. The van der Waals surface area contributed by atoms with E-state index >= 15 is 0 Å². The molecule has 4 rings (SSSR count). The monoisotopic (exact) mass is 286 g/mol. The molecule has 0 fully saturated rings.